The molecule has 1 aromatic heterocycles. The van der Waals surface area contributed by atoms with E-state index in [-0.39, 0.29) is 17.4 Å². The van der Waals surface area contributed by atoms with Crippen LogP contribution in [0, 0.1) is 11.3 Å². The molecule has 1 aromatic carbocycles. The molecule has 188 valence electrons. The number of Topliss-reactive ketones (excluding diaryl/α,β-unsaturated/α-hetero) is 1. The Labute approximate surface area is 206 Å². The number of hydrogen-bond acceptors (Lipinski definition) is 8. The lowest BCUT2D eigenvalue weighted by Crippen LogP contribution is -2.30. The molecule has 8 nitrogen and oxygen atoms in total. The van der Waals surface area contributed by atoms with Gasteiger partial charge >= 0.3 is 0 Å². The molecule has 0 radical (unpaired) electrons. The highest BCUT2D eigenvalue weighted by Crippen LogP contribution is 2.38. The van der Waals surface area contributed by atoms with Gasteiger partial charge in [-0.25, -0.2) is 0 Å². The van der Waals surface area contributed by atoms with Crippen molar-refractivity contribution in [1.29, 1.82) is 5.41 Å². The number of benzene rings is 1. The highest BCUT2D eigenvalue weighted by atomic mass is 16.6. The Morgan fingerprint density at radius 2 is 1.91 bits per heavy atom. The van der Waals surface area contributed by atoms with E-state index >= 15 is 0 Å². The van der Waals surface area contributed by atoms with Gasteiger partial charge in [0.2, 0.25) is 5.89 Å². The third-order valence-electron chi connectivity index (χ3n) is 7.26. The Balaban J connectivity index is 1.15. The maximum Gasteiger partial charge on any atom is 0.226 e. The zero-order valence-corrected chi connectivity index (χ0v) is 20.5. The number of carbonyl (C=O) groups is 1. The molecule has 1 atom stereocenters. The number of hydrogen-bond donors (Lipinski definition) is 1. The fourth-order valence-electron chi connectivity index (χ4n) is 4.99. The van der Waals surface area contributed by atoms with Crippen molar-refractivity contribution in [2.75, 3.05) is 32.8 Å². The SMILES string of the molecule is N=C(C(=O)CCCCc1nc(C2CC2)no1)C(CCN1CCCC1)Cc1ccc2c(c1)OCCO2. The second kappa shape index (κ2) is 11.3. The summed E-state index contributed by atoms with van der Waals surface area (Å²) >= 11 is 0. The lowest BCUT2D eigenvalue weighted by Gasteiger charge is -2.23. The number of ketones is 1. The molecule has 3 aliphatic rings. The van der Waals surface area contributed by atoms with E-state index < -0.39 is 0 Å². The van der Waals surface area contributed by atoms with Crippen molar-refractivity contribution < 1.29 is 18.8 Å². The minimum Gasteiger partial charge on any atom is -0.486 e. The molecular formula is C27H36N4O4. The Morgan fingerprint density at radius 1 is 1.11 bits per heavy atom. The first-order valence-corrected chi connectivity index (χ1v) is 13.2. The van der Waals surface area contributed by atoms with Gasteiger partial charge in [-0.1, -0.05) is 11.2 Å². The highest BCUT2D eigenvalue weighted by Gasteiger charge is 2.29. The van der Waals surface area contributed by atoms with E-state index in [9.17, 15) is 4.79 Å². The summed E-state index contributed by atoms with van der Waals surface area (Å²) < 4.78 is 16.7. The standard InChI is InChI=1S/C27H36N4O4/c28-26(22(32)5-1-2-6-25-29-27(30-35-25)20-8-9-20)21(11-14-31-12-3-4-13-31)17-19-7-10-23-24(18-19)34-16-15-33-23/h7,10,18,20-21,28H,1-6,8-9,11-17H2. The van der Waals surface area contributed by atoms with E-state index in [2.05, 4.69) is 15.0 Å². The fraction of sp³-hybridized carbons (Fsp3) is 0.630. The quantitative estimate of drug-likeness (QED) is 0.336. The third-order valence-corrected chi connectivity index (χ3v) is 7.26. The highest BCUT2D eigenvalue weighted by molar-refractivity contribution is 6.39. The van der Waals surface area contributed by atoms with Crippen molar-refractivity contribution in [2.45, 2.75) is 70.1 Å². The maximum absolute atomic E-state index is 13.0. The van der Waals surface area contributed by atoms with Crippen LogP contribution < -0.4 is 9.47 Å². The largest absolute Gasteiger partial charge is 0.486 e. The Morgan fingerprint density at radius 3 is 2.71 bits per heavy atom. The summed E-state index contributed by atoms with van der Waals surface area (Å²) in [5.74, 6) is 3.37. The van der Waals surface area contributed by atoms with Gasteiger partial charge in [-0.15, -0.1) is 0 Å². The van der Waals surface area contributed by atoms with Crippen LogP contribution >= 0.6 is 0 Å². The average Bonchev–Trinajstić information content (AvgIpc) is 3.39. The molecule has 5 rings (SSSR count). The molecule has 8 heteroatoms. The fourth-order valence-corrected chi connectivity index (χ4v) is 4.99. The van der Waals surface area contributed by atoms with E-state index in [0.717, 1.165) is 74.6 Å². The monoisotopic (exact) mass is 480 g/mol. The molecule has 1 aliphatic carbocycles. The zero-order valence-electron chi connectivity index (χ0n) is 20.5. The number of rotatable bonds is 13. The minimum atomic E-state index is -0.0947. The molecular weight excluding hydrogens is 444 g/mol. The van der Waals surface area contributed by atoms with Crippen LogP contribution in [0.1, 0.15) is 74.6 Å². The number of nitrogens with zero attached hydrogens (tertiary/aromatic N) is 3. The first-order valence-electron chi connectivity index (χ1n) is 13.2. The van der Waals surface area contributed by atoms with Crippen LogP contribution in [0.5, 0.6) is 11.5 Å². The number of carbonyl (C=O) groups excluding carboxylic acids is 1. The molecule has 1 N–H and O–H groups in total. The van der Waals surface area contributed by atoms with Gasteiger partial charge in [0, 0.05) is 24.7 Å². The second-order valence-electron chi connectivity index (χ2n) is 10.1. The second-order valence-corrected chi connectivity index (χ2v) is 10.1. The predicted molar refractivity (Wildman–Crippen MR) is 131 cm³/mol. The van der Waals surface area contributed by atoms with Gasteiger partial charge in [-0.2, -0.15) is 4.98 Å². The number of aromatic nitrogens is 2. The van der Waals surface area contributed by atoms with E-state index in [1.54, 1.807) is 0 Å². The number of aryl methyl sites for hydroxylation is 1. The smallest absolute Gasteiger partial charge is 0.226 e. The van der Waals surface area contributed by atoms with Crippen LogP contribution in [0.3, 0.4) is 0 Å². The summed E-state index contributed by atoms with van der Waals surface area (Å²) in [5, 5.41) is 12.8. The number of nitrogens with one attached hydrogen (secondary N) is 1. The van der Waals surface area contributed by atoms with Gasteiger partial charge in [0.1, 0.15) is 13.2 Å². The van der Waals surface area contributed by atoms with E-state index in [4.69, 9.17) is 19.4 Å². The van der Waals surface area contributed by atoms with Crippen LogP contribution in [0.15, 0.2) is 22.7 Å². The van der Waals surface area contributed by atoms with Crippen molar-refractivity contribution in [3.8, 4) is 11.5 Å². The average molecular weight is 481 g/mol. The molecule has 1 unspecified atom stereocenters. The summed E-state index contributed by atoms with van der Waals surface area (Å²) in [6.45, 7) is 4.30. The number of unbranched alkanes of at least 4 members (excludes halogenated alkanes) is 1. The molecule has 2 aliphatic heterocycles. The molecule has 1 saturated carbocycles. The number of fused-ring (bicyclic) bond motifs is 1. The molecule has 1 saturated heterocycles. The lowest BCUT2D eigenvalue weighted by atomic mass is 9.88. The summed E-state index contributed by atoms with van der Waals surface area (Å²) in [6, 6.07) is 5.99. The van der Waals surface area contributed by atoms with Crippen molar-refractivity contribution in [3.63, 3.8) is 0 Å². The van der Waals surface area contributed by atoms with Crippen molar-refractivity contribution >= 4 is 11.5 Å². The van der Waals surface area contributed by atoms with Crippen molar-refractivity contribution in [3.05, 3.63) is 35.5 Å². The van der Waals surface area contributed by atoms with E-state index in [1.807, 2.05) is 18.2 Å². The van der Waals surface area contributed by atoms with E-state index in [1.165, 1.54) is 12.8 Å². The molecule has 3 heterocycles. The van der Waals surface area contributed by atoms with Gasteiger partial charge in [-0.05, 0) is 88.7 Å². The van der Waals surface area contributed by atoms with Gasteiger partial charge in [0.15, 0.2) is 23.1 Å². The first kappa shape index (κ1) is 24.0. The van der Waals surface area contributed by atoms with E-state index in [0.29, 0.717) is 44.3 Å². The summed E-state index contributed by atoms with van der Waals surface area (Å²) in [4.78, 5) is 19.9. The molecule has 2 aromatic rings. The molecule has 2 fully saturated rings. The lowest BCUT2D eigenvalue weighted by molar-refractivity contribution is -0.113. The summed E-state index contributed by atoms with van der Waals surface area (Å²) in [7, 11) is 0. The van der Waals surface area contributed by atoms with Crippen molar-refractivity contribution in [2.24, 2.45) is 5.92 Å². The van der Waals surface area contributed by atoms with Gasteiger partial charge < -0.3 is 24.3 Å². The summed E-state index contributed by atoms with van der Waals surface area (Å²) in [6.07, 6.45) is 8.90. The van der Waals surface area contributed by atoms with Crippen molar-refractivity contribution in [1.82, 2.24) is 15.0 Å². The van der Waals surface area contributed by atoms with Gasteiger partial charge in [0.25, 0.3) is 0 Å². The van der Waals surface area contributed by atoms with Crippen LogP contribution in [0.25, 0.3) is 0 Å². The first-order chi connectivity index (χ1) is 17.2. The molecule has 0 amide bonds. The topological polar surface area (TPSA) is 102 Å². The molecule has 0 bridgehead atoms. The normalized spacial score (nSPS) is 18.5. The van der Waals surface area contributed by atoms with Gasteiger partial charge in [0.05, 0.1) is 5.71 Å². The van der Waals surface area contributed by atoms with Crippen LogP contribution in [0.4, 0.5) is 0 Å². The Hall–Kier alpha value is -2.74. The van der Waals surface area contributed by atoms with Crippen LogP contribution in [-0.4, -0.2) is 59.4 Å². The third kappa shape index (κ3) is 6.48. The molecule has 0 spiro atoms. The zero-order chi connectivity index (χ0) is 24.0. The van der Waals surface area contributed by atoms with Gasteiger partial charge in [-0.3, -0.25) is 4.79 Å². The van der Waals surface area contributed by atoms with Crippen LogP contribution in [-0.2, 0) is 17.6 Å². The minimum absolute atomic E-state index is 0.0434. The van der Waals surface area contributed by atoms with Crippen LogP contribution in [0.2, 0.25) is 0 Å². The number of ether oxygens (including phenoxy) is 2. The summed E-state index contributed by atoms with van der Waals surface area (Å²) in [5.41, 5.74) is 1.34. The number of likely N-dealkylation sites (tertiary alicyclic amines) is 1. The Kier molecular flexibility index (Phi) is 7.76. The Bertz CT molecular complexity index is 1030. The predicted octanol–water partition coefficient (Wildman–Crippen LogP) is 4.36. The molecule has 35 heavy (non-hydrogen) atoms. The maximum atomic E-state index is 13.0.